The zero-order valence-corrected chi connectivity index (χ0v) is 18.0. The number of hydrogen-bond donors (Lipinski definition) is 1. The summed E-state index contributed by atoms with van der Waals surface area (Å²) in [6.45, 7) is 5.24. The van der Waals surface area contributed by atoms with E-state index in [0.29, 0.717) is 0 Å². The summed E-state index contributed by atoms with van der Waals surface area (Å²) in [4.78, 5) is 2.54. The molecule has 1 aliphatic rings. The van der Waals surface area contributed by atoms with Crippen LogP contribution in [-0.2, 0) is 32.7 Å². The Balaban J connectivity index is 2.27. The van der Waals surface area contributed by atoms with Crippen molar-refractivity contribution in [1.29, 1.82) is 0 Å². The summed E-state index contributed by atoms with van der Waals surface area (Å²) in [5.41, 5.74) is 9.73. The zero-order chi connectivity index (χ0) is 21.7. The predicted molar refractivity (Wildman–Crippen MR) is 103 cm³/mol. The lowest BCUT2D eigenvalue weighted by atomic mass is 10.1. The first-order valence-electron chi connectivity index (χ1n) is 8.91. The van der Waals surface area contributed by atoms with Gasteiger partial charge in [-0.25, -0.2) is 0 Å². The second-order valence-electron chi connectivity index (χ2n) is 6.22. The van der Waals surface area contributed by atoms with Crippen molar-refractivity contribution in [1.82, 2.24) is 0 Å². The zero-order valence-electron chi connectivity index (χ0n) is 16.2. The molecule has 1 N–H and O–H groups in total. The third-order valence-electron chi connectivity index (χ3n) is 4.10. The Labute approximate surface area is 169 Å². The van der Waals surface area contributed by atoms with Gasteiger partial charge in [-0.2, -0.15) is 8.42 Å². The molecule has 1 saturated heterocycles. The minimum absolute atomic E-state index is 0.0977. The monoisotopic (exact) mass is 449 g/mol. The smallest absolute Gasteiger partial charge is 0.333 e. The number of ether oxygens (including phenoxy) is 1. The number of aliphatic hydroxyl groups is 1. The molecule has 0 radical (unpaired) electrons. The number of azide groups is 1. The van der Waals surface area contributed by atoms with E-state index in [1.54, 1.807) is 32.9 Å². The second kappa shape index (κ2) is 10.0. The Morgan fingerprint density at radius 3 is 2.34 bits per heavy atom. The van der Waals surface area contributed by atoms with Crippen LogP contribution in [0.2, 0.25) is 0 Å². The van der Waals surface area contributed by atoms with E-state index in [0.717, 1.165) is 5.56 Å². The number of benzene rings is 1. The lowest BCUT2D eigenvalue weighted by Gasteiger charge is -2.22. The Morgan fingerprint density at radius 1 is 1.24 bits per heavy atom. The summed E-state index contributed by atoms with van der Waals surface area (Å²) in [5.74, 6) is 0. The fraction of sp³-hybridized carbons (Fsp3) is 0.625. The quantitative estimate of drug-likeness (QED) is 0.188. The molecule has 1 heterocycles. The van der Waals surface area contributed by atoms with E-state index in [-0.39, 0.29) is 24.3 Å². The highest BCUT2D eigenvalue weighted by molar-refractivity contribution is 7.86. The molecule has 0 unspecified atom stereocenters. The normalized spacial score (nSPS) is 25.0. The van der Waals surface area contributed by atoms with Gasteiger partial charge in [0, 0.05) is 4.91 Å². The SMILES string of the molecule is CCOP(=O)(C[C@H]1O[C@H](O)[C@@H](OS(=O)(=O)c2ccc(C)cc2)[C@@H]1N=[N+]=[N-])OCC. The molecule has 0 saturated carbocycles. The van der Waals surface area contributed by atoms with E-state index in [1.165, 1.54) is 12.1 Å². The van der Waals surface area contributed by atoms with Gasteiger partial charge >= 0.3 is 7.60 Å². The molecule has 1 aromatic carbocycles. The summed E-state index contributed by atoms with van der Waals surface area (Å²) in [7, 11) is -7.91. The molecule has 2 rings (SSSR count). The highest BCUT2D eigenvalue weighted by Gasteiger charge is 2.49. The van der Waals surface area contributed by atoms with Crippen LogP contribution in [0.3, 0.4) is 0 Å². The van der Waals surface area contributed by atoms with Crippen LogP contribution >= 0.6 is 7.60 Å². The standard InChI is InChI=1S/C16H24N3O8PS/c1-4-24-28(21,25-5-2)10-13-14(18-19-17)15(16(20)26-13)27-29(22,23)12-8-6-11(3)7-9-12/h6-9,13-16,20H,4-5,10H2,1-3H3/t13-,14-,15+,16+/m1/s1. The van der Waals surface area contributed by atoms with E-state index in [1.807, 2.05) is 0 Å². The van der Waals surface area contributed by atoms with E-state index in [4.69, 9.17) is 23.5 Å². The van der Waals surface area contributed by atoms with Gasteiger partial charge in [0.15, 0.2) is 6.29 Å². The maximum Gasteiger partial charge on any atom is 0.333 e. The number of nitrogens with zero attached hydrogens (tertiary/aromatic N) is 3. The molecule has 0 aliphatic carbocycles. The van der Waals surface area contributed by atoms with Crippen LogP contribution in [0, 0.1) is 6.92 Å². The first kappa shape index (κ1) is 23.8. The van der Waals surface area contributed by atoms with Crippen LogP contribution < -0.4 is 0 Å². The van der Waals surface area contributed by atoms with Gasteiger partial charge in [-0.1, -0.05) is 22.8 Å². The van der Waals surface area contributed by atoms with Gasteiger partial charge in [0.05, 0.1) is 36.4 Å². The Kier molecular flexibility index (Phi) is 8.21. The van der Waals surface area contributed by atoms with Crippen molar-refractivity contribution < 1.29 is 36.1 Å². The maximum absolute atomic E-state index is 12.8. The Hall–Kier alpha value is -1.49. The van der Waals surface area contributed by atoms with E-state index >= 15 is 0 Å². The molecule has 0 amide bonds. The molecular formula is C16H24N3O8PS. The number of aryl methyl sites for hydroxylation is 1. The van der Waals surface area contributed by atoms with Crippen molar-refractivity contribution >= 4 is 17.7 Å². The van der Waals surface area contributed by atoms with Crippen molar-refractivity contribution in [2.24, 2.45) is 5.11 Å². The van der Waals surface area contributed by atoms with E-state index < -0.39 is 42.3 Å². The van der Waals surface area contributed by atoms with Crippen LogP contribution in [0.4, 0.5) is 0 Å². The molecular weight excluding hydrogens is 425 g/mol. The summed E-state index contributed by atoms with van der Waals surface area (Å²) >= 11 is 0. The van der Waals surface area contributed by atoms with Gasteiger partial charge in [0.25, 0.3) is 10.1 Å². The van der Waals surface area contributed by atoms with Crippen LogP contribution in [-0.4, -0.2) is 57.4 Å². The molecule has 4 atom stereocenters. The number of rotatable bonds is 10. The van der Waals surface area contributed by atoms with Gasteiger partial charge < -0.3 is 18.9 Å². The molecule has 11 nitrogen and oxygen atoms in total. The van der Waals surface area contributed by atoms with Gasteiger partial charge in [0.2, 0.25) is 0 Å². The van der Waals surface area contributed by atoms with E-state index in [2.05, 4.69) is 10.0 Å². The maximum atomic E-state index is 12.8. The lowest BCUT2D eigenvalue weighted by Crippen LogP contribution is -2.36. The minimum Gasteiger partial charge on any atom is -0.366 e. The summed E-state index contributed by atoms with van der Waals surface area (Å²) < 4.78 is 58.7. The minimum atomic E-state index is -4.29. The summed E-state index contributed by atoms with van der Waals surface area (Å²) in [6.07, 6.45) is -4.74. The molecule has 13 heteroatoms. The fourth-order valence-electron chi connectivity index (χ4n) is 2.84. The van der Waals surface area contributed by atoms with Crippen LogP contribution in [0.15, 0.2) is 34.3 Å². The second-order valence-corrected chi connectivity index (χ2v) is 9.89. The largest absolute Gasteiger partial charge is 0.366 e. The van der Waals surface area contributed by atoms with Crippen molar-refractivity contribution in [2.45, 2.75) is 50.2 Å². The molecule has 0 spiro atoms. The molecule has 1 aromatic rings. The van der Waals surface area contributed by atoms with Crippen LogP contribution in [0.5, 0.6) is 0 Å². The highest BCUT2D eigenvalue weighted by Crippen LogP contribution is 2.50. The number of hydrogen-bond acceptors (Lipinski definition) is 9. The van der Waals surface area contributed by atoms with Gasteiger partial charge in [-0.05, 0) is 38.4 Å². The summed E-state index contributed by atoms with van der Waals surface area (Å²) in [6, 6.07) is 4.61. The van der Waals surface area contributed by atoms with E-state index in [9.17, 15) is 18.1 Å². The van der Waals surface area contributed by atoms with Crippen molar-refractivity contribution in [3.8, 4) is 0 Å². The topological polar surface area (TPSA) is 157 Å². The third kappa shape index (κ3) is 6.00. The predicted octanol–water partition coefficient (Wildman–Crippen LogP) is 2.73. The fourth-order valence-corrected chi connectivity index (χ4v) is 5.73. The van der Waals surface area contributed by atoms with Gasteiger partial charge in [-0.15, -0.1) is 0 Å². The lowest BCUT2D eigenvalue weighted by molar-refractivity contribution is -0.117. The molecule has 1 fully saturated rings. The van der Waals surface area contributed by atoms with Gasteiger partial charge in [-0.3, -0.25) is 8.75 Å². The Morgan fingerprint density at radius 2 is 1.83 bits per heavy atom. The van der Waals surface area contributed by atoms with Crippen molar-refractivity contribution in [3.05, 3.63) is 40.3 Å². The third-order valence-corrected chi connectivity index (χ3v) is 7.54. The van der Waals surface area contributed by atoms with Crippen LogP contribution in [0.1, 0.15) is 19.4 Å². The molecule has 0 aromatic heterocycles. The molecule has 162 valence electrons. The molecule has 29 heavy (non-hydrogen) atoms. The van der Waals surface area contributed by atoms with Crippen molar-refractivity contribution in [3.63, 3.8) is 0 Å². The van der Waals surface area contributed by atoms with Crippen LogP contribution in [0.25, 0.3) is 10.4 Å². The summed E-state index contributed by atoms with van der Waals surface area (Å²) in [5, 5.41) is 13.7. The first-order chi connectivity index (χ1) is 13.7. The first-order valence-corrected chi connectivity index (χ1v) is 12.0. The average molecular weight is 449 g/mol. The molecule has 0 bridgehead atoms. The van der Waals surface area contributed by atoms with Crippen molar-refractivity contribution in [2.75, 3.05) is 19.4 Å². The number of aliphatic hydroxyl groups excluding tert-OH is 1. The average Bonchev–Trinajstić information content (AvgIpc) is 2.90. The highest BCUT2D eigenvalue weighted by atomic mass is 32.2. The molecule has 1 aliphatic heterocycles. The Bertz CT molecular complexity index is 878. The van der Waals surface area contributed by atoms with Gasteiger partial charge in [0.1, 0.15) is 6.10 Å².